The SMILES string of the molecule is CCOC(=O)CSC1=N[C@@H](c2cccc(Cl)c2Cl)C(C(=O)OCC)=C(C)N1. The summed E-state index contributed by atoms with van der Waals surface area (Å²) < 4.78 is 10.1. The van der Waals surface area contributed by atoms with Crippen LogP contribution in [0.15, 0.2) is 34.5 Å². The van der Waals surface area contributed by atoms with Gasteiger partial charge in [0.2, 0.25) is 0 Å². The molecule has 1 aliphatic rings. The van der Waals surface area contributed by atoms with Crippen molar-refractivity contribution in [3.8, 4) is 0 Å². The lowest BCUT2D eigenvalue weighted by molar-refractivity contribution is -0.140. The molecule has 0 bridgehead atoms. The third-order valence-electron chi connectivity index (χ3n) is 3.62. The summed E-state index contributed by atoms with van der Waals surface area (Å²) in [6.07, 6.45) is 0. The van der Waals surface area contributed by atoms with Gasteiger partial charge in [-0.05, 0) is 26.8 Å². The molecular formula is C18H20Cl2N2O4S. The minimum atomic E-state index is -0.693. The van der Waals surface area contributed by atoms with Gasteiger partial charge in [-0.1, -0.05) is 47.1 Å². The molecule has 0 aliphatic carbocycles. The smallest absolute Gasteiger partial charge is 0.338 e. The van der Waals surface area contributed by atoms with Crippen LogP contribution in [0.25, 0.3) is 0 Å². The van der Waals surface area contributed by atoms with Crippen LogP contribution in [0.5, 0.6) is 0 Å². The molecule has 1 atom stereocenters. The number of carbonyl (C=O) groups is 2. The van der Waals surface area contributed by atoms with E-state index in [0.29, 0.717) is 38.7 Å². The first-order chi connectivity index (χ1) is 12.9. The maximum absolute atomic E-state index is 12.5. The average Bonchev–Trinajstić information content (AvgIpc) is 2.62. The van der Waals surface area contributed by atoms with Crippen molar-refractivity contribution in [3.05, 3.63) is 45.1 Å². The minimum absolute atomic E-state index is 0.0949. The van der Waals surface area contributed by atoms with Crippen molar-refractivity contribution in [1.82, 2.24) is 5.32 Å². The molecule has 1 aromatic rings. The number of allylic oxidation sites excluding steroid dienone is 1. The quantitative estimate of drug-likeness (QED) is 0.683. The number of ether oxygens (including phenoxy) is 2. The van der Waals surface area contributed by atoms with Crippen LogP contribution in [0.1, 0.15) is 32.4 Å². The highest BCUT2D eigenvalue weighted by Crippen LogP contribution is 2.38. The summed E-state index contributed by atoms with van der Waals surface area (Å²) in [5.74, 6) is -0.735. The Hall–Kier alpha value is -1.70. The number of halogens is 2. The van der Waals surface area contributed by atoms with Gasteiger partial charge in [-0.25, -0.2) is 9.79 Å². The van der Waals surface area contributed by atoms with E-state index < -0.39 is 12.0 Å². The zero-order valence-electron chi connectivity index (χ0n) is 15.2. The molecule has 0 unspecified atom stereocenters. The Balaban J connectivity index is 2.39. The number of nitrogens with zero attached hydrogens (tertiary/aromatic N) is 1. The lowest BCUT2D eigenvalue weighted by Gasteiger charge is -2.26. The standard InChI is InChI=1S/C18H20Cl2N2O4S/c1-4-25-13(23)9-27-18-21-10(3)14(17(24)26-5-2)16(22-18)11-7-6-8-12(19)15(11)20/h6-8,16H,4-5,9H2,1-3H3,(H,21,22)/t16-/m0/s1. The van der Waals surface area contributed by atoms with Crippen LogP contribution in [0.3, 0.4) is 0 Å². The van der Waals surface area contributed by atoms with Gasteiger partial charge in [-0.2, -0.15) is 0 Å². The van der Waals surface area contributed by atoms with E-state index in [4.69, 9.17) is 32.7 Å². The zero-order valence-corrected chi connectivity index (χ0v) is 17.5. The molecule has 27 heavy (non-hydrogen) atoms. The van der Waals surface area contributed by atoms with Crippen LogP contribution in [0.4, 0.5) is 0 Å². The highest BCUT2D eigenvalue weighted by Gasteiger charge is 2.32. The maximum atomic E-state index is 12.5. The number of aliphatic imine (C=N–C) groups is 1. The molecule has 0 amide bonds. The molecule has 1 heterocycles. The molecule has 0 radical (unpaired) electrons. The summed E-state index contributed by atoms with van der Waals surface area (Å²) >= 11 is 13.7. The number of esters is 2. The van der Waals surface area contributed by atoms with E-state index in [1.165, 1.54) is 11.8 Å². The van der Waals surface area contributed by atoms with Crippen molar-refractivity contribution < 1.29 is 19.1 Å². The first-order valence-electron chi connectivity index (χ1n) is 8.34. The van der Waals surface area contributed by atoms with E-state index in [0.717, 1.165) is 0 Å². The van der Waals surface area contributed by atoms with Crippen LogP contribution in [-0.2, 0) is 19.1 Å². The third kappa shape index (κ3) is 5.40. The molecule has 6 nitrogen and oxygen atoms in total. The van der Waals surface area contributed by atoms with Crippen LogP contribution >= 0.6 is 35.0 Å². The van der Waals surface area contributed by atoms with Crippen molar-refractivity contribution in [2.45, 2.75) is 26.8 Å². The second-order valence-corrected chi connectivity index (χ2v) is 7.21. The minimum Gasteiger partial charge on any atom is -0.465 e. The van der Waals surface area contributed by atoms with Gasteiger partial charge in [0.1, 0.15) is 6.04 Å². The van der Waals surface area contributed by atoms with E-state index in [1.54, 1.807) is 39.0 Å². The Bertz CT molecular complexity index is 796. The summed E-state index contributed by atoms with van der Waals surface area (Å²) in [7, 11) is 0. The van der Waals surface area contributed by atoms with E-state index in [9.17, 15) is 9.59 Å². The topological polar surface area (TPSA) is 77.0 Å². The first-order valence-corrected chi connectivity index (χ1v) is 10.1. The number of rotatable bonds is 6. The number of carbonyl (C=O) groups excluding carboxylic acids is 2. The highest BCUT2D eigenvalue weighted by molar-refractivity contribution is 8.14. The lowest BCUT2D eigenvalue weighted by atomic mass is 9.96. The predicted octanol–water partition coefficient (Wildman–Crippen LogP) is 4.13. The number of hydrogen-bond acceptors (Lipinski definition) is 7. The van der Waals surface area contributed by atoms with Gasteiger partial charge < -0.3 is 14.8 Å². The van der Waals surface area contributed by atoms with Crippen LogP contribution in [0.2, 0.25) is 10.0 Å². The van der Waals surface area contributed by atoms with E-state index >= 15 is 0 Å². The summed E-state index contributed by atoms with van der Waals surface area (Å²) in [5, 5.41) is 4.21. The second-order valence-electron chi connectivity index (χ2n) is 5.46. The average molecular weight is 431 g/mol. The van der Waals surface area contributed by atoms with Crippen LogP contribution in [-0.4, -0.2) is 36.1 Å². The second kappa shape index (κ2) is 10.0. The van der Waals surface area contributed by atoms with Gasteiger partial charge in [0, 0.05) is 11.3 Å². The molecule has 1 aliphatic heterocycles. The van der Waals surface area contributed by atoms with Gasteiger partial charge in [-0.3, -0.25) is 4.79 Å². The summed E-state index contributed by atoms with van der Waals surface area (Å²) in [4.78, 5) is 28.7. The van der Waals surface area contributed by atoms with E-state index in [1.807, 2.05) is 0 Å². The maximum Gasteiger partial charge on any atom is 0.338 e. The molecule has 0 spiro atoms. The number of amidine groups is 1. The summed E-state index contributed by atoms with van der Waals surface area (Å²) in [5.41, 5.74) is 1.51. The zero-order chi connectivity index (χ0) is 20.0. The Labute approximate surface area is 172 Å². The Morgan fingerprint density at radius 3 is 2.59 bits per heavy atom. The van der Waals surface area contributed by atoms with Crippen molar-refractivity contribution in [2.75, 3.05) is 19.0 Å². The molecule has 0 saturated heterocycles. The summed E-state index contributed by atoms with van der Waals surface area (Å²) in [6, 6.07) is 4.47. The van der Waals surface area contributed by atoms with Gasteiger partial charge >= 0.3 is 11.9 Å². The van der Waals surface area contributed by atoms with Gasteiger partial charge in [0.15, 0.2) is 5.17 Å². The Kier molecular flexibility index (Phi) is 8.01. The molecule has 146 valence electrons. The fourth-order valence-electron chi connectivity index (χ4n) is 2.48. The fraction of sp³-hybridized carbons (Fsp3) is 0.389. The molecule has 2 rings (SSSR count). The van der Waals surface area contributed by atoms with Gasteiger partial charge in [-0.15, -0.1) is 0 Å². The van der Waals surface area contributed by atoms with E-state index in [2.05, 4.69) is 10.3 Å². The van der Waals surface area contributed by atoms with Gasteiger partial charge in [0.05, 0.1) is 34.6 Å². The van der Waals surface area contributed by atoms with E-state index in [-0.39, 0.29) is 18.3 Å². The molecule has 1 N–H and O–H groups in total. The number of benzene rings is 1. The third-order valence-corrected chi connectivity index (χ3v) is 5.32. The monoisotopic (exact) mass is 430 g/mol. The summed E-state index contributed by atoms with van der Waals surface area (Å²) in [6.45, 7) is 5.77. The number of nitrogens with one attached hydrogen (secondary N) is 1. The molecule has 0 fully saturated rings. The first kappa shape index (κ1) is 21.6. The number of thioether (sulfide) groups is 1. The number of hydrogen-bond donors (Lipinski definition) is 1. The van der Waals surface area contributed by atoms with Crippen molar-refractivity contribution in [3.63, 3.8) is 0 Å². The van der Waals surface area contributed by atoms with Crippen LogP contribution < -0.4 is 5.32 Å². The largest absolute Gasteiger partial charge is 0.465 e. The lowest BCUT2D eigenvalue weighted by Crippen LogP contribution is -2.31. The van der Waals surface area contributed by atoms with Gasteiger partial charge in [0.25, 0.3) is 0 Å². The molecule has 0 aromatic heterocycles. The fourth-order valence-corrected chi connectivity index (χ4v) is 3.63. The highest BCUT2D eigenvalue weighted by atomic mass is 35.5. The van der Waals surface area contributed by atoms with Crippen LogP contribution in [0, 0.1) is 0 Å². The molecular weight excluding hydrogens is 411 g/mol. The Morgan fingerprint density at radius 2 is 1.93 bits per heavy atom. The predicted molar refractivity (Wildman–Crippen MR) is 108 cm³/mol. The Morgan fingerprint density at radius 1 is 1.22 bits per heavy atom. The molecule has 0 saturated carbocycles. The van der Waals surface area contributed by atoms with Crippen molar-refractivity contribution >= 4 is 52.1 Å². The molecule has 9 heteroatoms. The normalized spacial score (nSPS) is 16.5. The van der Waals surface area contributed by atoms with Crippen molar-refractivity contribution in [2.24, 2.45) is 4.99 Å². The molecule has 1 aromatic carbocycles. The van der Waals surface area contributed by atoms with Crippen molar-refractivity contribution in [1.29, 1.82) is 0 Å².